The van der Waals surface area contributed by atoms with E-state index >= 15 is 0 Å². The molecule has 0 fully saturated rings. The zero-order valence-electron chi connectivity index (χ0n) is 19.6. The van der Waals surface area contributed by atoms with Crippen molar-refractivity contribution < 1.29 is 9.53 Å². The summed E-state index contributed by atoms with van der Waals surface area (Å²) in [5, 5.41) is 3.06. The van der Waals surface area contributed by atoms with Crippen molar-refractivity contribution in [3.63, 3.8) is 0 Å². The number of amides is 1. The largest absolute Gasteiger partial charge is 0.497 e. The molecule has 1 aromatic carbocycles. The molecule has 0 saturated heterocycles. The number of ether oxygens (including phenoxy) is 1. The molecule has 0 aliphatic rings. The maximum atomic E-state index is 12.9. The molecule has 0 spiro atoms. The Hall–Kier alpha value is -3.23. The van der Waals surface area contributed by atoms with Gasteiger partial charge in [-0.25, -0.2) is 4.79 Å². The number of aromatic nitrogens is 2. The summed E-state index contributed by atoms with van der Waals surface area (Å²) in [7, 11) is 1.61. The van der Waals surface area contributed by atoms with Gasteiger partial charge in [0.05, 0.1) is 19.7 Å². The fraction of sp³-hybridized carbons (Fsp3) is 0.522. The molecule has 1 atom stereocenters. The molecule has 0 radical (unpaired) electrons. The maximum Gasteiger partial charge on any atom is 0.330 e. The molecular weight excluding hydrogens is 410 g/mol. The molecule has 176 valence electrons. The van der Waals surface area contributed by atoms with Gasteiger partial charge in [0.2, 0.25) is 5.91 Å². The Morgan fingerprint density at radius 3 is 2.41 bits per heavy atom. The van der Waals surface area contributed by atoms with E-state index in [0.717, 1.165) is 24.2 Å². The van der Waals surface area contributed by atoms with Crippen LogP contribution in [0.2, 0.25) is 0 Å². The summed E-state index contributed by atoms with van der Waals surface area (Å²) in [6, 6.07) is 7.35. The summed E-state index contributed by atoms with van der Waals surface area (Å²) in [4.78, 5) is 41.6. The fourth-order valence-corrected chi connectivity index (χ4v) is 3.61. The number of benzene rings is 1. The molecule has 4 N–H and O–H groups in total. The predicted octanol–water partition coefficient (Wildman–Crippen LogP) is 2.27. The van der Waals surface area contributed by atoms with Crippen LogP contribution in [0.25, 0.3) is 0 Å². The van der Waals surface area contributed by atoms with Gasteiger partial charge in [0.1, 0.15) is 17.3 Å². The van der Waals surface area contributed by atoms with Crippen molar-refractivity contribution in [2.45, 2.75) is 53.1 Å². The molecule has 0 saturated carbocycles. The van der Waals surface area contributed by atoms with Gasteiger partial charge in [0.25, 0.3) is 5.56 Å². The van der Waals surface area contributed by atoms with Gasteiger partial charge in [-0.15, -0.1) is 0 Å². The lowest BCUT2D eigenvalue weighted by molar-refractivity contribution is -0.120. The van der Waals surface area contributed by atoms with Crippen molar-refractivity contribution in [1.29, 1.82) is 0 Å². The van der Waals surface area contributed by atoms with E-state index in [0.29, 0.717) is 13.1 Å². The van der Waals surface area contributed by atoms with Crippen molar-refractivity contribution in [1.82, 2.24) is 14.9 Å². The summed E-state index contributed by atoms with van der Waals surface area (Å²) in [5.74, 6) is 0.725. The number of rotatable bonds is 11. The minimum Gasteiger partial charge on any atom is -0.497 e. The lowest BCUT2D eigenvalue weighted by atomic mass is 9.96. The monoisotopic (exact) mass is 445 g/mol. The molecule has 0 aliphatic carbocycles. The number of H-pyrrole nitrogens is 1. The number of nitrogen functional groups attached to an aromatic ring is 1. The first-order valence-electron chi connectivity index (χ1n) is 11.0. The van der Waals surface area contributed by atoms with Crippen LogP contribution in [0.5, 0.6) is 5.75 Å². The van der Waals surface area contributed by atoms with Gasteiger partial charge in [0, 0.05) is 13.1 Å². The minimum absolute atomic E-state index is 0.0604. The van der Waals surface area contributed by atoms with Crippen LogP contribution in [0.3, 0.4) is 0 Å². The third-order valence-electron chi connectivity index (χ3n) is 5.44. The number of hydrogen-bond acceptors (Lipinski definition) is 6. The number of hydrogen-bond donors (Lipinski definition) is 3. The average Bonchev–Trinajstić information content (AvgIpc) is 2.76. The van der Waals surface area contributed by atoms with Gasteiger partial charge in [-0.2, -0.15) is 0 Å². The average molecular weight is 446 g/mol. The normalized spacial score (nSPS) is 11.9. The third-order valence-corrected chi connectivity index (χ3v) is 5.44. The molecule has 1 heterocycles. The number of likely N-dealkylation sites (N-methyl/N-ethyl adjacent to an activating group) is 1. The summed E-state index contributed by atoms with van der Waals surface area (Å²) in [6.07, 6.45) is 1.63. The van der Waals surface area contributed by atoms with Crippen LogP contribution in [-0.4, -0.2) is 35.7 Å². The molecule has 9 heteroatoms. The second-order valence-corrected chi connectivity index (χ2v) is 8.07. The summed E-state index contributed by atoms with van der Waals surface area (Å²) >= 11 is 0. The molecule has 0 aliphatic heterocycles. The number of methoxy groups -OCH3 is 1. The highest BCUT2D eigenvalue weighted by Crippen LogP contribution is 2.24. The van der Waals surface area contributed by atoms with E-state index in [1.165, 1.54) is 4.57 Å². The van der Waals surface area contributed by atoms with Crippen LogP contribution in [0, 0.1) is 5.92 Å². The summed E-state index contributed by atoms with van der Waals surface area (Å²) in [6.45, 7) is 8.61. The summed E-state index contributed by atoms with van der Waals surface area (Å²) in [5.41, 5.74) is 6.18. The first kappa shape index (κ1) is 25.0. The van der Waals surface area contributed by atoms with Gasteiger partial charge in [-0.05, 0) is 37.0 Å². The first-order chi connectivity index (χ1) is 15.2. The first-order valence-corrected chi connectivity index (χ1v) is 11.0. The number of anilines is 2. The van der Waals surface area contributed by atoms with Crippen LogP contribution >= 0.6 is 0 Å². The number of nitrogens with zero attached hydrogens (tertiary/aromatic N) is 2. The van der Waals surface area contributed by atoms with Gasteiger partial charge in [0.15, 0.2) is 0 Å². The Kier molecular flexibility index (Phi) is 8.92. The lowest BCUT2D eigenvalue weighted by Gasteiger charge is -2.27. The zero-order chi connectivity index (χ0) is 23.8. The van der Waals surface area contributed by atoms with Crippen molar-refractivity contribution in [3.05, 3.63) is 50.7 Å². The topological polar surface area (TPSA) is 122 Å². The van der Waals surface area contributed by atoms with Crippen molar-refractivity contribution in [2.75, 3.05) is 30.8 Å². The standard InChI is InChI=1S/C23H35N5O4/c1-6-8-13-28-21(24)20(22(30)26-23(28)31)27(7-2)14-18(29)25-19(15(3)4)16-9-11-17(32-5)12-10-16/h9-12,15,19H,6-8,13-14,24H2,1-5H3,(H,25,29)(H,26,30,31). The van der Waals surface area contributed by atoms with Crippen LogP contribution in [0.15, 0.2) is 33.9 Å². The SMILES string of the molecule is CCCCn1c(N)c(N(CC)CC(=O)NC(c2ccc(OC)cc2)C(C)C)c(=O)[nH]c1=O. The highest BCUT2D eigenvalue weighted by molar-refractivity contribution is 5.83. The zero-order valence-corrected chi connectivity index (χ0v) is 19.6. The number of carbonyl (C=O) groups is 1. The molecular formula is C23H35N5O4. The maximum absolute atomic E-state index is 12.9. The molecule has 0 bridgehead atoms. The number of unbranched alkanes of at least 4 members (excludes halogenated alkanes) is 1. The van der Waals surface area contributed by atoms with Gasteiger partial charge < -0.3 is 20.7 Å². The van der Waals surface area contributed by atoms with Crippen LogP contribution in [-0.2, 0) is 11.3 Å². The molecule has 1 amide bonds. The van der Waals surface area contributed by atoms with Crippen LogP contribution < -0.4 is 31.9 Å². The van der Waals surface area contributed by atoms with Gasteiger partial charge in [-0.1, -0.05) is 39.3 Å². The Labute approximate surface area is 188 Å². The highest BCUT2D eigenvalue weighted by atomic mass is 16.5. The Morgan fingerprint density at radius 2 is 1.88 bits per heavy atom. The Bertz CT molecular complexity index is 1010. The van der Waals surface area contributed by atoms with Gasteiger partial charge in [-0.3, -0.25) is 19.1 Å². The van der Waals surface area contributed by atoms with E-state index in [-0.39, 0.29) is 35.9 Å². The molecule has 2 rings (SSSR count). The van der Waals surface area contributed by atoms with E-state index in [1.54, 1.807) is 12.0 Å². The van der Waals surface area contributed by atoms with E-state index in [1.807, 2.05) is 52.0 Å². The second-order valence-electron chi connectivity index (χ2n) is 8.07. The second kappa shape index (κ2) is 11.4. The quantitative estimate of drug-likeness (QED) is 0.488. The lowest BCUT2D eigenvalue weighted by Crippen LogP contribution is -2.44. The smallest absolute Gasteiger partial charge is 0.330 e. The predicted molar refractivity (Wildman–Crippen MR) is 127 cm³/mol. The molecule has 9 nitrogen and oxygen atoms in total. The van der Waals surface area contributed by atoms with Crippen molar-refractivity contribution >= 4 is 17.4 Å². The summed E-state index contributed by atoms with van der Waals surface area (Å²) < 4.78 is 6.57. The molecule has 1 unspecified atom stereocenters. The Balaban J connectivity index is 2.26. The molecule has 32 heavy (non-hydrogen) atoms. The number of carbonyl (C=O) groups excluding carboxylic acids is 1. The van der Waals surface area contributed by atoms with Crippen LogP contribution in [0.4, 0.5) is 11.5 Å². The highest BCUT2D eigenvalue weighted by Gasteiger charge is 2.23. The third kappa shape index (κ3) is 5.93. The number of aromatic amines is 1. The molecule has 2 aromatic rings. The van der Waals surface area contributed by atoms with E-state index in [2.05, 4.69) is 10.3 Å². The fourth-order valence-electron chi connectivity index (χ4n) is 3.61. The van der Waals surface area contributed by atoms with Crippen LogP contribution in [0.1, 0.15) is 52.1 Å². The van der Waals surface area contributed by atoms with Gasteiger partial charge >= 0.3 is 5.69 Å². The van der Waals surface area contributed by atoms with Crippen molar-refractivity contribution in [3.8, 4) is 5.75 Å². The van der Waals surface area contributed by atoms with E-state index in [9.17, 15) is 14.4 Å². The molecule has 1 aromatic heterocycles. The Morgan fingerprint density at radius 1 is 1.22 bits per heavy atom. The van der Waals surface area contributed by atoms with Crippen molar-refractivity contribution in [2.24, 2.45) is 5.92 Å². The van der Waals surface area contributed by atoms with E-state index in [4.69, 9.17) is 10.5 Å². The number of nitrogens with two attached hydrogens (primary N) is 1. The number of nitrogens with one attached hydrogen (secondary N) is 2. The van der Waals surface area contributed by atoms with E-state index < -0.39 is 11.2 Å². The minimum atomic E-state index is -0.592.